The molecule has 40 heavy (non-hydrogen) atoms. The van der Waals surface area contributed by atoms with Gasteiger partial charge in [0, 0.05) is 42.4 Å². The Bertz CT molecular complexity index is 1740. The summed E-state index contributed by atoms with van der Waals surface area (Å²) in [6.07, 6.45) is 2.24. The molecule has 5 heterocycles. The van der Waals surface area contributed by atoms with E-state index in [1.54, 1.807) is 6.07 Å². The lowest BCUT2D eigenvalue weighted by atomic mass is 9.95. The van der Waals surface area contributed by atoms with Crippen LogP contribution in [0.25, 0.3) is 32.1 Å². The van der Waals surface area contributed by atoms with E-state index in [1.165, 1.54) is 12.1 Å². The molecule has 206 valence electrons. The van der Waals surface area contributed by atoms with Crippen LogP contribution in [0.15, 0.2) is 18.2 Å². The van der Waals surface area contributed by atoms with Crippen molar-refractivity contribution < 1.29 is 17.9 Å². The van der Waals surface area contributed by atoms with Gasteiger partial charge < -0.3 is 15.4 Å². The van der Waals surface area contributed by atoms with Gasteiger partial charge in [0.2, 0.25) is 0 Å². The molecule has 3 aliphatic rings. The topological polar surface area (TPSA) is 91.3 Å². The molecule has 3 aliphatic heterocycles. The summed E-state index contributed by atoms with van der Waals surface area (Å²) in [6, 6.07) is 6.23. The Morgan fingerprint density at radius 2 is 2.05 bits per heavy atom. The van der Waals surface area contributed by atoms with Gasteiger partial charge in [0.25, 0.3) is 0 Å². The Kier molecular flexibility index (Phi) is 6.00. The zero-order valence-electron chi connectivity index (χ0n) is 21.3. The summed E-state index contributed by atoms with van der Waals surface area (Å²) < 4.78 is 51.8. The number of aromatic nitrogens is 2. The number of rotatable bonds is 5. The number of fused-ring (bicyclic) bond motifs is 3. The van der Waals surface area contributed by atoms with E-state index in [2.05, 4.69) is 14.9 Å². The first-order chi connectivity index (χ1) is 19.3. The minimum absolute atomic E-state index is 0.000974. The first kappa shape index (κ1) is 25.6. The van der Waals surface area contributed by atoms with E-state index in [9.17, 15) is 14.0 Å². The third-order valence-corrected chi connectivity index (χ3v) is 9.75. The van der Waals surface area contributed by atoms with Gasteiger partial charge in [-0.25, -0.2) is 13.2 Å². The van der Waals surface area contributed by atoms with Crippen LogP contribution in [0.2, 0.25) is 5.02 Å². The molecular formula is C28H24ClF3N6OS. The van der Waals surface area contributed by atoms with Crippen molar-refractivity contribution in [3.8, 4) is 23.2 Å². The molecule has 2 aromatic heterocycles. The molecule has 3 fully saturated rings. The highest BCUT2D eigenvalue weighted by atomic mass is 35.5. The van der Waals surface area contributed by atoms with Crippen LogP contribution in [0.5, 0.6) is 6.01 Å². The molecule has 4 aromatic rings. The van der Waals surface area contributed by atoms with Crippen LogP contribution in [-0.4, -0.2) is 59.4 Å². The largest absolute Gasteiger partial charge is 0.461 e. The van der Waals surface area contributed by atoms with Gasteiger partial charge in [-0.1, -0.05) is 17.7 Å². The maximum absolute atomic E-state index is 16.5. The summed E-state index contributed by atoms with van der Waals surface area (Å²) in [5, 5.41) is 10.6. The molecule has 0 saturated carbocycles. The molecule has 0 spiro atoms. The molecule has 12 heteroatoms. The van der Waals surface area contributed by atoms with Gasteiger partial charge >= 0.3 is 6.01 Å². The summed E-state index contributed by atoms with van der Waals surface area (Å²) in [5.41, 5.74) is 5.90. The highest BCUT2D eigenvalue weighted by Gasteiger charge is 2.49. The monoisotopic (exact) mass is 584 g/mol. The minimum Gasteiger partial charge on any atom is -0.461 e. The number of benzene rings is 2. The Morgan fingerprint density at radius 1 is 1.23 bits per heavy atom. The summed E-state index contributed by atoms with van der Waals surface area (Å²) in [4.78, 5) is 13.2. The van der Waals surface area contributed by atoms with E-state index in [4.69, 9.17) is 22.1 Å². The Labute approximate surface area is 236 Å². The fourth-order valence-electron chi connectivity index (χ4n) is 6.40. The minimum atomic E-state index is -0.905. The second kappa shape index (κ2) is 9.36. The van der Waals surface area contributed by atoms with E-state index < -0.39 is 23.3 Å². The van der Waals surface area contributed by atoms with Gasteiger partial charge in [0.15, 0.2) is 5.82 Å². The number of hydrogen-bond donors (Lipinski definition) is 1. The van der Waals surface area contributed by atoms with Gasteiger partial charge in [-0.15, -0.1) is 11.3 Å². The van der Waals surface area contributed by atoms with Gasteiger partial charge in [-0.05, 0) is 43.5 Å². The number of anilines is 2. The van der Waals surface area contributed by atoms with Crippen molar-refractivity contribution in [1.29, 1.82) is 5.26 Å². The molecular weight excluding hydrogens is 561 g/mol. The number of halogens is 4. The fourth-order valence-corrected chi connectivity index (χ4v) is 7.64. The number of thiophene rings is 1. The molecule has 7 rings (SSSR count). The van der Waals surface area contributed by atoms with Gasteiger partial charge in [0.1, 0.15) is 41.0 Å². The van der Waals surface area contributed by atoms with Crippen LogP contribution in [-0.2, 0) is 0 Å². The molecule has 2 N–H and O–H groups in total. The summed E-state index contributed by atoms with van der Waals surface area (Å²) in [5.74, 6) is -0.783. The first-order valence-electron chi connectivity index (χ1n) is 13.2. The van der Waals surface area contributed by atoms with Crippen molar-refractivity contribution in [2.75, 3.05) is 43.4 Å². The highest BCUT2D eigenvalue weighted by molar-refractivity contribution is 7.23. The molecule has 0 radical (unpaired) electrons. The lowest BCUT2D eigenvalue weighted by molar-refractivity contribution is 0.107. The molecule has 0 amide bonds. The maximum Gasteiger partial charge on any atom is 0.319 e. The molecule has 3 saturated heterocycles. The van der Waals surface area contributed by atoms with Gasteiger partial charge in [-0.3, -0.25) is 4.90 Å². The van der Waals surface area contributed by atoms with E-state index >= 15 is 4.39 Å². The Hall–Kier alpha value is -3.33. The van der Waals surface area contributed by atoms with Crippen LogP contribution >= 0.6 is 22.9 Å². The third-order valence-electron chi connectivity index (χ3n) is 8.43. The molecule has 2 aromatic carbocycles. The van der Waals surface area contributed by atoms with Crippen molar-refractivity contribution >= 4 is 54.7 Å². The molecule has 0 unspecified atom stereocenters. The van der Waals surface area contributed by atoms with Crippen LogP contribution in [0.4, 0.5) is 24.0 Å². The molecule has 0 aliphatic carbocycles. The summed E-state index contributed by atoms with van der Waals surface area (Å²) in [6.45, 7) is 2.90. The molecule has 7 nitrogen and oxygen atoms in total. The number of alkyl halides is 1. The van der Waals surface area contributed by atoms with Crippen molar-refractivity contribution in [3.05, 3.63) is 40.4 Å². The number of nitrogen functional groups attached to an aromatic ring is 1. The lowest BCUT2D eigenvalue weighted by Crippen LogP contribution is -2.43. The van der Waals surface area contributed by atoms with E-state index in [1.807, 2.05) is 11.0 Å². The van der Waals surface area contributed by atoms with Crippen LogP contribution < -0.4 is 15.4 Å². The quantitative estimate of drug-likeness (QED) is 0.305. The Morgan fingerprint density at radius 3 is 2.80 bits per heavy atom. The van der Waals surface area contributed by atoms with Crippen LogP contribution in [0.1, 0.15) is 31.2 Å². The normalized spacial score (nSPS) is 22.6. The van der Waals surface area contributed by atoms with Gasteiger partial charge in [-0.2, -0.15) is 15.2 Å². The van der Waals surface area contributed by atoms with Crippen molar-refractivity contribution in [3.63, 3.8) is 0 Å². The molecule has 0 bridgehead atoms. The lowest BCUT2D eigenvalue weighted by Gasteiger charge is -2.33. The smallest absolute Gasteiger partial charge is 0.319 e. The SMILES string of the molecule is N#Cc1c(N)sc2c(F)ccc(-c3c(Cl)cc4c(N5CCC5)nc(OC[C@@]56CCCN5C[C@H](F)C6)nc4c3F)c12. The summed E-state index contributed by atoms with van der Waals surface area (Å²) in [7, 11) is 0. The first-order valence-corrected chi connectivity index (χ1v) is 14.4. The predicted molar refractivity (Wildman–Crippen MR) is 150 cm³/mol. The van der Waals surface area contributed by atoms with E-state index in [0.29, 0.717) is 24.2 Å². The molecule has 2 atom stereocenters. The number of nitrogens with two attached hydrogens (primary N) is 1. The van der Waals surface area contributed by atoms with Crippen LogP contribution in [0.3, 0.4) is 0 Å². The van der Waals surface area contributed by atoms with Crippen molar-refractivity contribution in [2.45, 2.75) is 37.4 Å². The highest BCUT2D eigenvalue weighted by Crippen LogP contribution is 2.46. The number of ether oxygens (including phenoxy) is 1. The van der Waals surface area contributed by atoms with Crippen LogP contribution in [0, 0.1) is 23.0 Å². The predicted octanol–water partition coefficient (Wildman–Crippen LogP) is 6.06. The standard InChI is InChI=1S/C28H24ClF3N6OS/c29-18-9-16-23(22(32)21(18)15-3-4-19(31)24-20(15)17(11-33)25(34)40-24)35-27(36-26(16)37-6-2-7-37)39-13-28-5-1-8-38(28)12-14(30)10-28/h3-4,9,14H,1-2,5-8,10,12-13,34H2/t14-,28+/m1/s1. The second-order valence-corrected chi connectivity index (χ2v) is 12.2. The van der Waals surface area contributed by atoms with E-state index in [-0.39, 0.29) is 54.9 Å². The third kappa shape index (κ3) is 3.80. The van der Waals surface area contributed by atoms with E-state index in [0.717, 1.165) is 50.2 Å². The van der Waals surface area contributed by atoms with Gasteiger partial charge in [0.05, 0.1) is 20.8 Å². The summed E-state index contributed by atoms with van der Waals surface area (Å²) >= 11 is 7.62. The number of nitriles is 1. The zero-order chi connectivity index (χ0) is 27.8. The van der Waals surface area contributed by atoms with Crippen molar-refractivity contribution in [2.24, 2.45) is 0 Å². The number of nitrogens with zero attached hydrogens (tertiary/aromatic N) is 5. The maximum atomic E-state index is 16.5. The average Bonchev–Trinajstić information content (AvgIpc) is 3.53. The number of hydrogen-bond acceptors (Lipinski definition) is 8. The Balaban J connectivity index is 1.38. The van der Waals surface area contributed by atoms with Crippen molar-refractivity contribution in [1.82, 2.24) is 14.9 Å². The average molecular weight is 585 g/mol. The fraction of sp³-hybridized carbons (Fsp3) is 0.393. The second-order valence-electron chi connectivity index (χ2n) is 10.7. The zero-order valence-corrected chi connectivity index (χ0v) is 22.9.